The number of fused-ring (bicyclic) bond motifs is 26. The standard InChI is InChI=1S/C52H38N2.C51H36N2/c1-3-35-22-30-51-45(32-35)44-31-34(2)21-29-50(44)54(51)38-25-23-37(24-26-38)53(36-13-5-4-6-14-36)39-27-28-43-42-17-9-12-20-48(42)52(49(43)33-39)46-18-10-7-15-40(46)41-16-8-11-19-47(41)52;1-33-20-28-49-43(30-33)44-31-34(2)21-29-50(44)53(49)37-24-22-36(23-25-37)52(35-12-4-3-5-13-35)38-26-27-42-41-16-8-11-19-47(41)51(48(42)32-38)45-17-9-6-14-39(45)40-15-7-10-18-46(40)51/h4-33H,3H2,1-2H3;3-32H,1-2H3. The molecule has 4 heteroatoms. The third-order valence-electron chi connectivity index (χ3n) is 23.7. The highest BCUT2D eigenvalue weighted by Gasteiger charge is 2.53. The maximum absolute atomic E-state index is 2.47. The van der Waals surface area contributed by atoms with Crippen molar-refractivity contribution >= 4 is 77.7 Å². The van der Waals surface area contributed by atoms with Crippen molar-refractivity contribution in [2.24, 2.45) is 0 Å². The lowest BCUT2D eigenvalue weighted by Crippen LogP contribution is -2.26. The number of hydrogen-bond acceptors (Lipinski definition) is 2. The number of nitrogens with zero attached hydrogens (tertiary/aromatic N) is 4. The van der Waals surface area contributed by atoms with Gasteiger partial charge in [0.25, 0.3) is 0 Å². The molecule has 16 aromatic carbocycles. The van der Waals surface area contributed by atoms with Gasteiger partial charge >= 0.3 is 0 Å². The molecule has 0 fully saturated rings. The molecule has 0 amide bonds. The topological polar surface area (TPSA) is 16.3 Å². The summed E-state index contributed by atoms with van der Waals surface area (Å²) in [5.74, 6) is 0. The number of para-hydroxylation sites is 2. The van der Waals surface area contributed by atoms with E-state index in [1.165, 1.54) is 155 Å². The van der Waals surface area contributed by atoms with Gasteiger partial charge in [-0.1, -0.05) is 242 Å². The second kappa shape index (κ2) is 24.1. The maximum Gasteiger partial charge on any atom is 0.0726 e. The SMILES string of the molecule is CCc1ccc2c(c1)c1cc(C)ccc1n2-c1ccc(N(c2ccccc2)c2ccc3c(c2)C2(c4ccccc4-c4ccccc42)c2ccccc2-3)cc1.Cc1ccc2c(c1)c1cc(C)ccc1n2-c1ccc(N(c2ccccc2)c2ccc3c(c2)C2(c4ccccc4-c4ccccc42)c2ccccc2-3)cc1. The van der Waals surface area contributed by atoms with Crippen molar-refractivity contribution in [2.45, 2.75) is 44.9 Å². The average Bonchev–Trinajstić information content (AvgIpc) is 1.52. The van der Waals surface area contributed by atoms with E-state index in [0.29, 0.717) is 0 Å². The third kappa shape index (κ3) is 9.15. The summed E-state index contributed by atoms with van der Waals surface area (Å²) in [6.45, 7) is 8.77. The quantitative estimate of drug-likeness (QED) is 0.143. The molecule has 0 radical (unpaired) electrons. The van der Waals surface area contributed by atoms with Crippen LogP contribution in [0.1, 0.15) is 73.7 Å². The lowest BCUT2D eigenvalue weighted by atomic mass is 9.70. The smallest absolute Gasteiger partial charge is 0.0726 e. The molecular formula is C103H74N4. The average molecular weight is 1370 g/mol. The van der Waals surface area contributed by atoms with Crippen LogP contribution in [0.3, 0.4) is 0 Å². The Morgan fingerprint density at radius 3 is 0.804 bits per heavy atom. The van der Waals surface area contributed by atoms with E-state index < -0.39 is 10.8 Å². The van der Waals surface area contributed by atoms with Crippen molar-refractivity contribution in [3.05, 3.63) is 431 Å². The van der Waals surface area contributed by atoms with Gasteiger partial charge in [0.15, 0.2) is 0 Å². The molecule has 0 saturated heterocycles. The highest BCUT2D eigenvalue weighted by molar-refractivity contribution is 6.11. The van der Waals surface area contributed by atoms with E-state index in [9.17, 15) is 0 Å². The summed E-state index contributed by atoms with van der Waals surface area (Å²) in [6.07, 6.45) is 1.02. The molecule has 18 aromatic rings. The number of hydrogen-bond donors (Lipinski definition) is 0. The summed E-state index contributed by atoms with van der Waals surface area (Å²) in [7, 11) is 0. The monoisotopic (exact) mass is 1370 g/mol. The minimum atomic E-state index is -0.395. The van der Waals surface area contributed by atoms with Crippen LogP contribution in [-0.4, -0.2) is 9.13 Å². The van der Waals surface area contributed by atoms with Gasteiger partial charge in [-0.2, -0.15) is 0 Å². The lowest BCUT2D eigenvalue weighted by Gasteiger charge is -2.32. The van der Waals surface area contributed by atoms with E-state index in [1.807, 2.05) is 0 Å². The second-order valence-electron chi connectivity index (χ2n) is 29.5. The molecule has 0 bridgehead atoms. The van der Waals surface area contributed by atoms with Gasteiger partial charge in [0.1, 0.15) is 0 Å². The first-order valence-corrected chi connectivity index (χ1v) is 37.6. The van der Waals surface area contributed by atoms with Crippen LogP contribution in [0.25, 0.3) is 99.5 Å². The number of benzene rings is 16. The zero-order valence-corrected chi connectivity index (χ0v) is 60.1. The molecule has 4 nitrogen and oxygen atoms in total. The van der Waals surface area contributed by atoms with Gasteiger partial charge in [-0.3, -0.25) is 0 Å². The van der Waals surface area contributed by atoms with Crippen LogP contribution in [-0.2, 0) is 17.3 Å². The molecule has 2 heterocycles. The van der Waals surface area contributed by atoms with E-state index in [1.54, 1.807) is 0 Å². The Labute approximate surface area is 624 Å². The lowest BCUT2D eigenvalue weighted by molar-refractivity contribution is 0.793. The Kier molecular flexibility index (Phi) is 14.1. The molecule has 4 aliphatic rings. The number of anilines is 6. The van der Waals surface area contributed by atoms with E-state index in [2.05, 4.69) is 411 Å². The van der Waals surface area contributed by atoms with Crippen LogP contribution < -0.4 is 9.80 Å². The Bertz CT molecular complexity index is 6460. The van der Waals surface area contributed by atoms with E-state index >= 15 is 0 Å². The normalized spacial score (nSPS) is 13.2. The van der Waals surface area contributed by atoms with E-state index in [-0.39, 0.29) is 0 Å². The molecule has 506 valence electrons. The molecule has 0 saturated carbocycles. The fourth-order valence-electron chi connectivity index (χ4n) is 19.2. The van der Waals surface area contributed by atoms with Crippen molar-refractivity contribution in [3.63, 3.8) is 0 Å². The Balaban J connectivity index is 0.000000137. The van der Waals surface area contributed by atoms with Crippen molar-refractivity contribution in [3.8, 4) is 55.9 Å². The second-order valence-corrected chi connectivity index (χ2v) is 29.5. The zero-order chi connectivity index (χ0) is 71.2. The summed E-state index contributed by atoms with van der Waals surface area (Å²) >= 11 is 0. The molecule has 0 atom stereocenters. The molecule has 2 aromatic heterocycles. The number of rotatable bonds is 9. The Hall–Kier alpha value is -13.3. The van der Waals surface area contributed by atoms with Crippen molar-refractivity contribution in [2.75, 3.05) is 9.80 Å². The van der Waals surface area contributed by atoms with Crippen LogP contribution in [0.5, 0.6) is 0 Å². The fraction of sp³-hybridized carbons (Fsp3) is 0.0680. The van der Waals surface area contributed by atoms with Gasteiger partial charge in [-0.05, 0) is 267 Å². The first-order chi connectivity index (χ1) is 52.8. The number of aryl methyl sites for hydroxylation is 4. The fourth-order valence-corrected chi connectivity index (χ4v) is 19.2. The van der Waals surface area contributed by atoms with Gasteiger partial charge < -0.3 is 18.9 Å². The summed E-state index contributed by atoms with van der Waals surface area (Å²) in [5.41, 5.74) is 39.7. The Morgan fingerprint density at radius 1 is 0.224 bits per heavy atom. The maximum atomic E-state index is 2.47. The number of aromatic nitrogens is 2. The Morgan fingerprint density at radius 2 is 0.486 bits per heavy atom. The molecule has 22 rings (SSSR count). The van der Waals surface area contributed by atoms with Gasteiger partial charge in [-0.15, -0.1) is 0 Å². The van der Waals surface area contributed by atoms with Crippen LogP contribution >= 0.6 is 0 Å². The highest BCUT2D eigenvalue weighted by atomic mass is 15.2. The molecule has 2 spiro atoms. The molecule has 0 unspecified atom stereocenters. The molecule has 4 aliphatic carbocycles. The van der Waals surface area contributed by atoms with Crippen molar-refractivity contribution < 1.29 is 0 Å². The molecule has 0 N–H and O–H groups in total. The minimum absolute atomic E-state index is 0.394. The zero-order valence-electron chi connectivity index (χ0n) is 60.1. The van der Waals surface area contributed by atoms with Crippen LogP contribution in [0.15, 0.2) is 364 Å². The van der Waals surface area contributed by atoms with Crippen LogP contribution in [0.4, 0.5) is 34.1 Å². The van der Waals surface area contributed by atoms with E-state index in [4.69, 9.17) is 0 Å². The minimum Gasteiger partial charge on any atom is -0.310 e. The first-order valence-electron chi connectivity index (χ1n) is 37.6. The predicted molar refractivity (Wildman–Crippen MR) is 447 cm³/mol. The largest absolute Gasteiger partial charge is 0.310 e. The third-order valence-corrected chi connectivity index (χ3v) is 23.7. The van der Waals surface area contributed by atoms with Gasteiger partial charge in [-0.25, -0.2) is 0 Å². The summed E-state index contributed by atoms with van der Waals surface area (Å²) in [5, 5.41) is 5.20. The molecular weight excluding hydrogens is 1290 g/mol. The highest BCUT2D eigenvalue weighted by Crippen LogP contribution is 2.65. The van der Waals surface area contributed by atoms with Crippen LogP contribution in [0.2, 0.25) is 0 Å². The van der Waals surface area contributed by atoms with Crippen molar-refractivity contribution in [1.82, 2.24) is 9.13 Å². The first kappa shape index (κ1) is 62.3. The van der Waals surface area contributed by atoms with Gasteiger partial charge in [0.2, 0.25) is 0 Å². The summed E-state index contributed by atoms with van der Waals surface area (Å²) in [6, 6.07) is 136. The predicted octanol–water partition coefficient (Wildman–Crippen LogP) is 26.7. The van der Waals surface area contributed by atoms with Gasteiger partial charge in [0.05, 0.1) is 32.9 Å². The molecule has 107 heavy (non-hydrogen) atoms. The van der Waals surface area contributed by atoms with Crippen molar-refractivity contribution in [1.29, 1.82) is 0 Å². The summed E-state index contributed by atoms with van der Waals surface area (Å²) in [4.78, 5) is 4.82. The van der Waals surface area contributed by atoms with Gasteiger partial charge in [0, 0.05) is 67.0 Å². The molecule has 0 aliphatic heterocycles. The van der Waals surface area contributed by atoms with Crippen LogP contribution in [0, 0.1) is 20.8 Å². The van der Waals surface area contributed by atoms with E-state index in [0.717, 1.165) is 51.9 Å². The summed E-state index contributed by atoms with van der Waals surface area (Å²) < 4.78 is 4.83.